The largest absolute Gasteiger partial charge is 0.354 e. The van der Waals surface area contributed by atoms with E-state index >= 15 is 0 Å². The molecule has 1 amide bonds. The van der Waals surface area contributed by atoms with Crippen LogP contribution >= 0.6 is 0 Å². The smallest absolute Gasteiger partial charge is 0.240 e. The topological polar surface area (TPSA) is 66.5 Å². The maximum atomic E-state index is 13.5. The molecule has 1 N–H and O–H groups in total. The molecular weight excluding hydrogens is 350 g/mol. The summed E-state index contributed by atoms with van der Waals surface area (Å²) in [5, 5.41) is 2.56. The first kappa shape index (κ1) is 18.9. The van der Waals surface area contributed by atoms with Crippen LogP contribution in [0.5, 0.6) is 0 Å². The number of carbonyl (C=O) groups excluding carboxylic acids is 1. The third-order valence-corrected chi connectivity index (χ3v) is 4.62. The Balaban J connectivity index is 1.98. The average molecular weight is 368 g/mol. The third-order valence-electron chi connectivity index (χ3n) is 3.48. The first-order chi connectivity index (χ1) is 11.8. The highest BCUT2D eigenvalue weighted by Gasteiger charge is 2.20. The Morgan fingerprint density at radius 1 is 1.08 bits per heavy atom. The molecule has 5 nitrogen and oxygen atoms in total. The normalized spacial score (nSPS) is 11.2. The predicted molar refractivity (Wildman–Crippen MR) is 91.7 cm³/mol. The second kappa shape index (κ2) is 8.06. The summed E-state index contributed by atoms with van der Waals surface area (Å²) in [6.07, 6.45) is 1.25. The Morgan fingerprint density at radius 2 is 1.72 bits per heavy atom. The van der Waals surface area contributed by atoms with E-state index in [-0.39, 0.29) is 24.5 Å². The molecule has 2 rings (SSSR count). The van der Waals surface area contributed by atoms with Gasteiger partial charge in [-0.2, -0.15) is 0 Å². The molecule has 8 heteroatoms. The Hall–Kier alpha value is -2.48. The number of rotatable bonds is 7. The molecule has 25 heavy (non-hydrogen) atoms. The minimum atomic E-state index is -3.72. The quantitative estimate of drug-likeness (QED) is 0.814. The lowest BCUT2D eigenvalue weighted by Gasteiger charge is -2.21. The van der Waals surface area contributed by atoms with E-state index in [0.29, 0.717) is 5.56 Å². The van der Waals surface area contributed by atoms with Crippen LogP contribution in [-0.4, -0.2) is 33.7 Å². The van der Waals surface area contributed by atoms with E-state index in [1.807, 2.05) is 0 Å². The summed E-state index contributed by atoms with van der Waals surface area (Å²) in [4.78, 5) is 12.0. The summed E-state index contributed by atoms with van der Waals surface area (Å²) in [7, 11) is -3.72. The summed E-state index contributed by atoms with van der Waals surface area (Å²) in [5.41, 5.74) is 0.648. The summed E-state index contributed by atoms with van der Waals surface area (Å²) >= 11 is 0. The molecule has 0 aromatic heterocycles. The van der Waals surface area contributed by atoms with Crippen LogP contribution in [0.15, 0.2) is 48.5 Å². The van der Waals surface area contributed by atoms with Gasteiger partial charge < -0.3 is 5.32 Å². The van der Waals surface area contributed by atoms with Gasteiger partial charge in [-0.1, -0.05) is 18.2 Å². The molecule has 134 valence electrons. The van der Waals surface area contributed by atoms with Gasteiger partial charge in [0.1, 0.15) is 18.2 Å². The highest BCUT2D eigenvalue weighted by atomic mass is 32.2. The van der Waals surface area contributed by atoms with Crippen molar-refractivity contribution < 1.29 is 22.0 Å². The van der Waals surface area contributed by atoms with Gasteiger partial charge in [-0.15, -0.1) is 0 Å². The molecule has 0 saturated carbocycles. The van der Waals surface area contributed by atoms with Crippen molar-refractivity contribution in [1.29, 1.82) is 0 Å². The second-order valence-electron chi connectivity index (χ2n) is 5.44. The van der Waals surface area contributed by atoms with Crippen molar-refractivity contribution in [3.63, 3.8) is 0 Å². The van der Waals surface area contributed by atoms with E-state index in [9.17, 15) is 22.0 Å². The molecule has 0 heterocycles. The number of benzene rings is 2. The molecule has 0 aliphatic heterocycles. The second-order valence-corrected chi connectivity index (χ2v) is 7.34. The lowest BCUT2D eigenvalue weighted by molar-refractivity contribution is -0.119. The number of carbonyl (C=O) groups is 1. The number of amides is 1. The van der Waals surface area contributed by atoms with Crippen LogP contribution < -0.4 is 9.62 Å². The number of nitrogens with zero attached hydrogens (tertiary/aromatic N) is 1. The zero-order valence-corrected chi connectivity index (χ0v) is 14.4. The SMILES string of the molecule is CS(=O)(=O)N(CC(=O)NCCc1ccccc1F)c1ccc(F)cc1. The van der Waals surface area contributed by atoms with Gasteiger partial charge >= 0.3 is 0 Å². The maximum Gasteiger partial charge on any atom is 0.240 e. The lowest BCUT2D eigenvalue weighted by atomic mass is 10.1. The molecule has 0 spiro atoms. The lowest BCUT2D eigenvalue weighted by Crippen LogP contribution is -2.41. The number of sulfonamides is 1. The van der Waals surface area contributed by atoms with Gasteiger partial charge in [-0.25, -0.2) is 17.2 Å². The van der Waals surface area contributed by atoms with E-state index in [4.69, 9.17) is 0 Å². The Bertz CT molecular complexity index is 839. The minimum Gasteiger partial charge on any atom is -0.354 e. The van der Waals surface area contributed by atoms with Gasteiger partial charge in [0, 0.05) is 6.54 Å². The number of nitrogens with one attached hydrogen (secondary N) is 1. The Kier molecular flexibility index (Phi) is 6.08. The van der Waals surface area contributed by atoms with Gasteiger partial charge in [-0.3, -0.25) is 9.10 Å². The molecule has 0 fully saturated rings. The van der Waals surface area contributed by atoms with Gasteiger partial charge in [-0.05, 0) is 42.3 Å². The van der Waals surface area contributed by atoms with Crippen LogP contribution in [0.4, 0.5) is 14.5 Å². The van der Waals surface area contributed by atoms with Gasteiger partial charge in [0.2, 0.25) is 15.9 Å². The van der Waals surface area contributed by atoms with E-state index < -0.39 is 28.3 Å². The molecule has 0 unspecified atom stereocenters. The van der Waals surface area contributed by atoms with Crippen LogP contribution in [0.25, 0.3) is 0 Å². The predicted octanol–water partition coefficient (Wildman–Crippen LogP) is 2.09. The minimum absolute atomic E-state index is 0.167. The van der Waals surface area contributed by atoms with E-state index in [0.717, 1.165) is 22.7 Å². The highest BCUT2D eigenvalue weighted by molar-refractivity contribution is 7.92. The van der Waals surface area contributed by atoms with Crippen LogP contribution in [0.1, 0.15) is 5.56 Å². The molecular formula is C17H18F2N2O3S. The van der Waals surface area contributed by atoms with Crippen molar-refractivity contribution in [1.82, 2.24) is 5.32 Å². The molecule has 0 bridgehead atoms. The van der Waals surface area contributed by atoms with Crippen molar-refractivity contribution >= 4 is 21.6 Å². The molecule has 2 aromatic rings. The third kappa shape index (κ3) is 5.53. The van der Waals surface area contributed by atoms with E-state index in [2.05, 4.69) is 5.32 Å². The average Bonchev–Trinajstić information content (AvgIpc) is 2.54. The van der Waals surface area contributed by atoms with Crippen molar-refractivity contribution in [3.8, 4) is 0 Å². The summed E-state index contributed by atoms with van der Waals surface area (Å²) in [5.74, 6) is -1.40. The van der Waals surface area contributed by atoms with Crippen molar-refractivity contribution in [2.75, 3.05) is 23.7 Å². The van der Waals surface area contributed by atoms with Crippen LogP contribution in [0.2, 0.25) is 0 Å². The van der Waals surface area contributed by atoms with Crippen molar-refractivity contribution in [2.45, 2.75) is 6.42 Å². The number of halogens is 2. The van der Waals surface area contributed by atoms with Gasteiger partial charge in [0.15, 0.2) is 0 Å². The molecule has 0 saturated heterocycles. The van der Waals surface area contributed by atoms with E-state index in [1.54, 1.807) is 18.2 Å². The Morgan fingerprint density at radius 3 is 2.32 bits per heavy atom. The fourth-order valence-corrected chi connectivity index (χ4v) is 3.09. The summed E-state index contributed by atoms with van der Waals surface area (Å²) < 4.78 is 51.2. The monoisotopic (exact) mass is 368 g/mol. The van der Waals surface area contributed by atoms with Gasteiger partial charge in [0.25, 0.3) is 0 Å². The maximum absolute atomic E-state index is 13.5. The zero-order chi connectivity index (χ0) is 18.4. The Labute approximate surface area is 145 Å². The van der Waals surface area contributed by atoms with Crippen LogP contribution in [0.3, 0.4) is 0 Å². The summed E-state index contributed by atoms with van der Waals surface area (Å²) in [6.45, 7) is -0.275. The number of hydrogen-bond acceptors (Lipinski definition) is 3. The molecule has 0 aliphatic rings. The van der Waals surface area contributed by atoms with Crippen molar-refractivity contribution in [2.24, 2.45) is 0 Å². The standard InChI is InChI=1S/C17H18F2N2O3S/c1-25(23,24)21(15-8-6-14(18)7-9-15)12-17(22)20-11-10-13-4-2-3-5-16(13)19/h2-9H,10-12H2,1H3,(H,20,22). The van der Waals surface area contributed by atoms with Gasteiger partial charge in [0.05, 0.1) is 11.9 Å². The highest BCUT2D eigenvalue weighted by Crippen LogP contribution is 2.17. The molecule has 2 aromatic carbocycles. The van der Waals surface area contributed by atoms with E-state index in [1.165, 1.54) is 18.2 Å². The van der Waals surface area contributed by atoms with Crippen LogP contribution in [0, 0.1) is 11.6 Å². The molecule has 0 radical (unpaired) electrons. The van der Waals surface area contributed by atoms with Crippen LogP contribution in [-0.2, 0) is 21.2 Å². The zero-order valence-electron chi connectivity index (χ0n) is 13.6. The fraction of sp³-hybridized carbons (Fsp3) is 0.235. The van der Waals surface area contributed by atoms with Crippen molar-refractivity contribution in [3.05, 3.63) is 65.7 Å². The summed E-state index contributed by atoms with van der Waals surface area (Å²) in [6, 6.07) is 11.0. The first-order valence-corrected chi connectivity index (χ1v) is 9.35. The number of anilines is 1. The first-order valence-electron chi connectivity index (χ1n) is 7.51. The number of hydrogen-bond donors (Lipinski definition) is 1. The molecule has 0 aliphatic carbocycles. The molecule has 0 atom stereocenters. The fourth-order valence-electron chi connectivity index (χ4n) is 2.23.